The Kier molecular flexibility index (Phi) is 3.40. The van der Waals surface area contributed by atoms with Crippen molar-refractivity contribution in [3.63, 3.8) is 0 Å². The van der Waals surface area contributed by atoms with Gasteiger partial charge < -0.3 is 15.8 Å². The number of hydrogen-bond acceptors (Lipinski definition) is 6. The van der Waals surface area contributed by atoms with Crippen molar-refractivity contribution in [1.82, 2.24) is 19.7 Å². The predicted molar refractivity (Wildman–Crippen MR) is 74.7 cm³/mol. The van der Waals surface area contributed by atoms with Crippen molar-refractivity contribution < 1.29 is 9.53 Å². The Hall–Kier alpha value is -2.32. The lowest BCUT2D eigenvalue weighted by molar-refractivity contribution is -0.125. The van der Waals surface area contributed by atoms with E-state index < -0.39 is 5.41 Å². The molecule has 1 amide bonds. The summed E-state index contributed by atoms with van der Waals surface area (Å²) in [6, 6.07) is 3.20. The monoisotopic (exact) mass is 288 g/mol. The molecule has 21 heavy (non-hydrogen) atoms. The molecule has 1 aliphatic heterocycles. The van der Waals surface area contributed by atoms with Crippen LogP contribution in [0.3, 0.4) is 0 Å². The molecule has 0 radical (unpaired) electrons. The quantitative estimate of drug-likeness (QED) is 0.820. The zero-order chi connectivity index (χ0) is 14.9. The molecule has 1 saturated heterocycles. The van der Waals surface area contributed by atoms with Gasteiger partial charge >= 0.3 is 0 Å². The maximum absolute atomic E-state index is 12.3. The number of carbonyl (C=O) groups excluding carboxylic acids is 1. The number of nitrogens with one attached hydrogen (secondary N) is 1. The summed E-state index contributed by atoms with van der Waals surface area (Å²) >= 11 is 0. The van der Waals surface area contributed by atoms with Crippen molar-refractivity contribution >= 4 is 11.6 Å². The average Bonchev–Trinajstić information content (AvgIpc) is 3.12. The van der Waals surface area contributed by atoms with E-state index in [2.05, 4.69) is 20.4 Å². The number of hydrogen-bond donors (Lipinski definition) is 2. The number of rotatable bonds is 3. The molecule has 2 atom stereocenters. The highest BCUT2D eigenvalue weighted by molar-refractivity contribution is 5.95. The minimum absolute atomic E-state index is 0.164. The second-order valence-corrected chi connectivity index (χ2v) is 5.24. The van der Waals surface area contributed by atoms with Crippen molar-refractivity contribution in [1.29, 1.82) is 0 Å². The molecule has 0 aromatic carbocycles. The second kappa shape index (κ2) is 5.23. The van der Waals surface area contributed by atoms with Crippen LogP contribution in [0.1, 0.15) is 6.92 Å². The van der Waals surface area contributed by atoms with Crippen molar-refractivity contribution in [2.45, 2.75) is 13.0 Å². The SMILES string of the molecule is CC1(C(=O)Nc2ccc(-n3cncn3)nc2)COCC1N. The zero-order valence-corrected chi connectivity index (χ0v) is 11.6. The maximum atomic E-state index is 12.3. The number of anilines is 1. The summed E-state index contributed by atoms with van der Waals surface area (Å²) in [5.41, 5.74) is 5.82. The lowest BCUT2D eigenvalue weighted by atomic mass is 9.85. The topological polar surface area (TPSA) is 108 Å². The van der Waals surface area contributed by atoms with Gasteiger partial charge in [0, 0.05) is 6.04 Å². The lowest BCUT2D eigenvalue weighted by Gasteiger charge is -2.25. The summed E-state index contributed by atoms with van der Waals surface area (Å²) in [6.07, 6.45) is 4.55. The molecule has 1 aliphatic rings. The minimum atomic E-state index is -0.718. The molecule has 0 spiro atoms. The highest BCUT2D eigenvalue weighted by Crippen LogP contribution is 2.28. The molecule has 0 saturated carbocycles. The Labute approximate surface area is 121 Å². The van der Waals surface area contributed by atoms with E-state index in [1.165, 1.54) is 11.0 Å². The van der Waals surface area contributed by atoms with Crippen LogP contribution in [-0.2, 0) is 9.53 Å². The lowest BCUT2D eigenvalue weighted by Crippen LogP contribution is -2.47. The smallest absolute Gasteiger partial charge is 0.234 e. The predicted octanol–water partition coefficient (Wildman–Crippen LogP) is -0.0354. The van der Waals surface area contributed by atoms with Crippen LogP contribution in [0.5, 0.6) is 0 Å². The molecule has 3 rings (SSSR count). The molecule has 2 aromatic rings. The normalized spacial score (nSPS) is 25.0. The Balaban J connectivity index is 1.72. The van der Waals surface area contributed by atoms with Crippen LogP contribution in [0.25, 0.3) is 5.82 Å². The van der Waals surface area contributed by atoms with Gasteiger partial charge in [0.25, 0.3) is 0 Å². The van der Waals surface area contributed by atoms with E-state index in [9.17, 15) is 4.79 Å². The third-order valence-electron chi connectivity index (χ3n) is 3.70. The molecule has 0 bridgehead atoms. The molecule has 3 N–H and O–H groups in total. The van der Waals surface area contributed by atoms with Crippen LogP contribution >= 0.6 is 0 Å². The van der Waals surface area contributed by atoms with Gasteiger partial charge in [-0.15, -0.1) is 0 Å². The Morgan fingerprint density at radius 2 is 2.43 bits per heavy atom. The van der Waals surface area contributed by atoms with Crippen molar-refractivity contribution in [2.24, 2.45) is 11.1 Å². The van der Waals surface area contributed by atoms with Crippen LogP contribution in [0, 0.1) is 5.41 Å². The number of carbonyl (C=O) groups is 1. The Morgan fingerprint density at radius 1 is 1.57 bits per heavy atom. The number of aromatic nitrogens is 4. The van der Waals surface area contributed by atoms with Crippen LogP contribution < -0.4 is 11.1 Å². The fourth-order valence-corrected chi connectivity index (χ4v) is 2.12. The van der Waals surface area contributed by atoms with Gasteiger partial charge in [0.1, 0.15) is 12.7 Å². The Bertz CT molecular complexity index is 627. The largest absolute Gasteiger partial charge is 0.379 e. The minimum Gasteiger partial charge on any atom is -0.379 e. The van der Waals surface area contributed by atoms with E-state index in [4.69, 9.17) is 10.5 Å². The number of nitrogens with zero attached hydrogens (tertiary/aromatic N) is 4. The highest BCUT2D eigenvalue weighted by atomic mass is 16.5. The second-order valence-electron chi connectivity index (χ2n) is 5.24. The summed E-state index contributed by atoms with van der Waals surface area (Å²) < 4.78 is 6.81. The van der Waals surface area contributed by atoms with Crippen molar-refractivity contribution in [3.05, 3.63) is 31.0 Å². The van der Waals surface area contributed by atoms with Crippen molar-refractivity contribution in [3.8, 4) is 5.82 Å². The first-order chi connectivity index (χ1) is 10.1. The molecule has 1 fully saturated rings. The fourth-order valence-electron chi connectivity index (χ4n) is 2.12. The average molecular weight is 288 g/mol. The van der Waals surface area contributed by atoms with Gasteiger partial charge in [-0.25, -0.2) is 14.6 Å². The third-order valence-corrected chi connectivity index (χ3v) is 3.70. The van der Waals surface area contributed by atoms with Gasteiger partial charge in [-0.2, -0.15) is 5.10 Å². The molecule has 2 unspecified atom stereocenters. The number of ether oxygens (including phenoxy) is 1. The fraction of sp³-hybridized carbons (Fsp3) is 0.385. The van der Waals surface area contributed by atoms with E-state index in [-0.39, 0.29) is 11.9 Å². The summed E-state index contributed by atoms with van der Waals surface area (Å²) in [5.74, 6) is 0.459. The highest BCUT2D eigenvalue weighted by Gasteiger charge is 2.44. The van der Waals surface area contributed by atoms with Gasteiger partial charge in [-0.1, -0.05) is 0 Å². The van der Waals surface area contributed by atoms with E-state index in [1.807, 2.05) is 0 Å². The van der Waals surface area contributed by atoms with Crippen LogP contribution in [0.4, 0.5) is 5.69 Å². The summed E-state index contributed by atoms with van der Waals surface area (Å²) in [7, 11) is 0. The zero-order valence-electron chi connectivity index (χ0n) is 11.6. The molecule has 8 nitrogen and oxygen atoms in total. The molecular weight excluding hydrogens is 272 g/mol. The third kappa shape index (κ3) is 2.50. The number of pyridine rings is 1. The van der Waals surface area contributed by atoms with Crippen LogP contribution in [-0.4, -0.2) is 44.9 Å². The van der Waals surface area contributed by atoms with E-state index in [0.29, 0.717) is 24.7 Å². The first-order valence-electron chi connectivity index (χ1n) is 6.55. The van der Waals surface area contributed by atoms with Gasteiger partial charge in [-0.05, 0) is 19.1 Å². The van der Waals surface area contributed by atoms with E-state index in [0.717, 1.165) is 0 Å². The summed E-state index contributed by atoms with van der Waals surface area (Å²) in [5, 5.41) is 6.80. The molecule has 3 heterocycles. The van der Waals surface area contributed by atoms with Crippen LogP contribution in [0.2, 0.25) is 0 Å². The maximum Gasteiger partial charge on any atom is 0.234 e. The van der Waals surface area contributed by atoms with Gasteiger partial charge in [0.2, 0.25) is 5.91 Å². The van der Waals surface area contributed by atoms with Gasteiger partial charge in [-0.3, -0.25) is 4.79 Å². The standard InChI is InChI=1S/C13H16N6O2/c1-13(6-21-5-10(13)14)12(20)18-9-2-3-11(16-4-9)19-8-15-7-17-19/h2-4,7-8,10H,5-6,14H2,1H3,(H,18,20). The van der Waals surface area contributed by atoms with Gasteiger partial charge in [0.15, 0.2) is 5.82 Å². The molecule has 110 valence electrons. The van der Waals surface area contributed by atoms with E-state index >= 15 is 0 Å². The Morgan fingerprint density at radius 3 is 3.00 bits per heavy atom. The molecular formula is C13H16N6O2. The summed E-state index contributed by atoms with van der Waals surface area (Å²) in [6.45, 7) is 2.52. The van der Waals surface area contributed by atoms with Gasteiger partial charge in [0.05, 0.1) is 30.5 Å². The molecule has 8 heteroatoms. The first kappa shape index (κ1) is 13.7. The number of amides is 1. The number of nitrogens with two attached hydrogens (primary N) is 1. The summed E-state index contributed by atoms with van der Waals surface area (Å²) in [4.78, 5) is 20.4. The molecule has 2 aromatic heterocycles. The molecule has 0 aliphatic carbocycles. The van der Waals surface area contributed by atoms with E-state index in [1.54, 1.807) is 31.6 Å². The van der Waals surface area contributed by atoms with Crippen molar-refractivity contribution in [2.75, 3.05) is 18.5 Å². The van der Waals surface area contributed by atoms with Crippen LogP contribution in [0.15, 0.2) is 31.0 Å². The first-order valence-corrected chi connectivity index (χ1v) is 6.55.